The predicted molar refractivity (Wildman–Crippen MR) is 99.6 cm³/mol. The average molecular weight is 418 g/mol. The molecular formula is C16H18BrClN2O2S. The first-order chi connectivity index (χ1) is 11.0. The number of amides is 1. The van der Waals surface area contributed by atoms with E-state index in [1.165, 1.54) is 4.88 Å². The molecule has 0 radical (unpaired) electrons. The van der Waals surface area contributed by atoms with Gasteiger partial charge in [0.15, 0.2) is 0 Å². The molecule has 1 amide bonds. The van der Waals surface area contributed by atoms with E-state index in [0.29, 0.717) is 23.0 Å². The van der Waals surface area contributed by atoms with Gasteiger partial charge in [-0.25, -0.2) is 0 Å². The predicted octanol–water partition coefficient (Wildman–Crippen LogP) is 4.63. The Balaban J connectivity index is 1.98. The number of carbonyl (C=O) groups excluding carboxylic acids is 1. The zero-order valence-electron chi connectivity index (χ0n) is 12.9. The second-order valence-electron chi connectivity index (χ2n) is 4.90. The smallest absolute Gasteiger partial charge is 0.238 e. The van der Waals surface area contributed by atoms with Crippen LogP contribution in [-0.4, -0.2) is 31.0 Å². The third-order valence-corrected chi connectivity index (χ3v) is 5.10. The van der Waals surface area contributed by atoms with Gasteiger partial charge in [0.25, 0.3) is 0 Å². The first-order valence-electron chi connectivity index (χ1n) is 7.11. The van der Waals surface area contributed by atoms with Gasteiger partial charge in [-0.15, -0.1) is 11.3 Å². The van der Waals surface area contributed by atoms with Crippen LogP contribution in [0.3, 0.4) is 0 Å². The molecule has 0 saturated carbocycles. The van der Waals surface area contributed by atoms with E-state index >= 15 is 0 Å². The number of carbonyl (C=O) groups is 1. The molecule has 0 atom stereocenters. The van der Waals surface area contributed by atoms with E-state index in [1.807, 2.05) is 13.0 Å². The van der Waals surface area contributed by atoms with Gasteiger partial charge in [-0.05, 0) is 52.8 Å². The fourth-order valence-electron chi connectivity index (χ4n) is 2.11. The molecule has 7 heteroatoms. The maximum Gasteiger partial charge on any atom is 0.238 e. The van der Waals surface area contributed by atoms with Crippen LogP contribution in [0, 0.1) is 0 Å². The Morgan fingerprint density at radius 3 is 2.78 bits per heavy atom. The highest BCUT2D eigenvalue weighted by Gasteiger charge is 2.13. The van der Waals surface area contributed by atoms with Crippen molar-refractivity contribution in [2.24, 2.45) is 0 Å². The summed E-state index contributed by atoms with van der Waals surface area (Å²) in [6.45, 7) is 3.88. The third kappa shape index (κ3) is 5.49. The Labute approximate surface area is 153 Å². The summed E-state index contributed by atoms with van der Waals surface area (Å²) < 4.78 is 6.33. The first kappa shape index (κ1) is 18.3. The van der Waals surface area contributed by atoms with Gasteiger partial charge >= 0.3 is 0 Å². The summed E-state index contributed by atoms with van der Waals surface area (Å²) in [5, 5.41) is 3.41. The van der Waals surface area contributed by atoms with Crippen LogP contribution in [0.25, 0.3) is 0 Å². The number of nitrogens with zero attached hydrogens (tertiary/aromatic N) is 1. The minimum atomic E-state index is -0.0944. The number of likely N-dealkylation sites (N-methyl/N-ethyl adjacent to an activating group) is 1. The lowest BCUT2D eigenvalue weighted by atomic mass is 10.3. The quantitative estimate of drug-likeness (QED) is 0.714. The van der Waals surface area contributed by atoms with Crippen LogP contribution in [0.5, 0.6) is 5.75 Å². The number of methoxy groups -OCH3 is 1. The van der Waals surface area contributed by atoms with Crippen molar-refractivity contribution in [3.8, 4) is 5.75 Å². The van der Waals surface area contributed by atoms with Crippen LogP contribution < -0.4 is 10.1 Å². The Morgan fingerprint density at radius 2 is 2.17 bits per heavy atom. The number of rotatable bonds is 7. The van der Waals surface area contributed by atoms with E-state index < -0.39 is 0 Å². The molecule has 1 aromatic heterocycles. The molecular weight excluding hydrogens is 400 g/mol. The molecule has 2 rings (SSSR count). The summed E-state index contributed by atoms with van der Waals surface area (Å²) in [4.78, 5) is 15.6. The van der Waals surface area contributed by atoms with Crippen molar-refractivity contribution in [3.05, 3.63) is 44.0 Å². The zero-order chi connectivity index (χ0) is 16.8. The highest BCUT2D eigenvalue weighted by Crippen LogP contribution is 2.27. The van der Waals surface area contributed by atoms with Gasteiger partial charge in [-0.1, -0.05) is 18.5 Å². The van der Waals surface area contributed by atoms with Crippen molar-refractivity contribution in [3.63, 3.8) is 0 Å². The Kier molecular flexibility index (Phi) is 6.89. The maximum absolute atomic E-state index is 12.3. The van der Waals surface area contributed by atoms with Gasteiger partial charge in [0.1, 0.15) is 5.75 Å². The number of hydrogen-bond acceptors (Lipinski definition) is 4. The molecule has 1 heterocycles. The van der Waals surface area contributed by atoms with Crippen molar-refractivity contribution in [1.82, 2.24) is 4.90 Å². The second kappa shape index (κ2) is 8.68. The van der Waals surface area contributed by atoms with E-state index in [4.69, 9.17) is 16.3 Å². The van der Waals surface area contributed by atoms with E-state index in [2.05, 4.69) is 32.2 Å². The van der Waals surface area contributed by atoms with Gasteiger partial charge in [-0.3, -0.25) is 9.69 Å². The van der Waals surface area contributed by atoms with Crippen molar-refractivity contribution in [2.75, 3.05) is 25.5 Å². The van der Waals surface area contributed by atoms with Crippen LogP contribution in [-0.2, 0) is 11.3 Å². The van der Waals surface area contributed by atoms with Crippen LogP contribution in [0.4, 0.5) is 5.69 Å². The fraction of sp³-hybridized carbons (Fsp3) is 0.312. The minimum absolute atomic E-state index is 0.0944. The summed E-state index contributed by atoms with van der Waals surface area (Å²) >= 11 is 11.1. The van der Waals surface area contributed by atoms with Crippen LogP contribution >= 0.6 is 38.9 Å². The lowest BCUT2D eigenvalue weighted by molar-refractivity contribution is -0.117. The number of hydrogen-bond donors (Lipinski definition) is 1. The lowest BCUT2D eigenvalue weighted by Gasteiger charge is -2.19. The average Bonchev–Trinajstić information content (AvgIpc) is 2.92. The Bertz CT molecular complexity index is 678. The number of thiophene rings is 1. The zero-order valence-corrected chi connectivity index (χ0v) is 16.1. The normalized spacial score (nSPS) is 10.8. The molecule has 4 nitrogen and oxygen atoms in total. The van der Waals surface area contributed by atoms with Crippen molar-refractivity contribution >= 4 is 50.5 Å². The lowest BCUT2D eigenvalue weighted by Crippen LogP contribution is -2.32. The summed E-state index contributed by atoms with van der Waals surface area (Å²) in [5.74, 6) is 0.496. The van der Waals surface area contributed by atoms with Gasteiger partial charge in [0.05, 0.1) is 23.1 Å². The fourth-order valence-corrected chi connectivity index (χ4v) is 3.81. The third-order valence-electron chi connectivity index (χ3n) is 3.26. The Hall–Kier alpha value is -1.08. The van der Waals surface area contributed by atoms with Crippen LogP contribution in [0.15, 0.2) is 34.1 Å². The number of anilines is 1. The maximum atomic E-state index is 12.3. The number of ether oxygens (including phenoxy) is 1. The molecule has 0 spiro atoms. The molecule has 0 saturated heterocycles. The van der Waals surface area contributed by atoms with Gasteiger partial charge in [-0.2, -0.15) is 0 Å². The molecule has 0 fully saturated rings. The summed E-state index contributed by atoms with van der Waals surface area (Å²) in [6, 6.07) is 9.23. The SMILES string of the molecule is CCN(CC(=O)Nc1cc(Cl)ccc1OC)Cc1ccc(Br)s1. The van der Waals surface area contributed by atoms with Gasteiger partial charge in [0.2, 0.25) is 5.91 Å². The Morgan fingerprint density at radius 1 is 1.39 bits per heavy atom. The molecule has 0 aliphatic carbocycles. The molecule has 1 aromatic carbocycles. The van der Waals surface area contributed by atoms with Gasteiger partial charge in [0, 0.05) is 16.4 Å². The summed E-state index contributed by atoms with van der Waals surface area (Å²) in [6.07, 6.45) is 0. The second-order valence-corrected chi connectivity index (χ2v) is 7.89. The van der Waals surface area contributed by atoms with Crippen LogP contribution in [0.2, 0.25) is 5.02 Å². The number of nitrogens with one attached hydrogen (secondary N) is 1. The first-order valence-corrected chi connectivity index (χ1v) is 9.10. The molecule has 0 aliphatic rings. The largest absolute Gasteiger partial charge is 0.495 e. The van der Waals surface area contributed by atoms with Crippen molar-refractivity contribution in [2.45, 2.75) is 13.5 Å². The standard InChI is InChI=1S/C16H18BrClN2O2S/c1-3-20(9-12-5-7-15(17)23-12)10-16(21)19-13-8-11(18)4-6-14(13)22-2/h4-8H,3,9-10H2,1-2H3,(H,19,21). The van der Waals surface area contributed by atoms with Crippen molar-refractivity contribution < 1.29 is 9.53 Å². The van der Waals surface area contributed by atoms with Gasteiger partial charge < -0.3 is 10.1 Å². The monoisotopic (exact) mass is 416 g/mol. The summed E-state index contributed by atoms with van der Waals surface area (Å²) in [7, 11) is 1.56. The van der Waals surface area contributed by atoms with E-state index in [9.17, 15) is 4.79 Å². The highest BCUT2D eigenvalue weighted by molar-refractivity contribution is 9.11. The molecule has 0 aliphatic heterocycles. The molecule has 0 unspecified atom stereocenters. The van der Waals surface area contributed by atoms with E-state index in [0.717, 1.165) is 16.9 Å². The van der Waals surface area contributed by atoms with Crippen molar-refractivity contribution in [1.29, 1.82) is 0 Å². The van der Waals surface area contributed by atoms with Crippen LogP contribution in [0.1, 0.15) is 11.8 Å². The van der Waals surface area contributed by atoms with E-state index in [1.54, 1.807) is 36.6 Å². The number of halogens is 2. The molecule has 124 valence electrons. The molecule has 1 N–H and O–H groups in total. The molecule has 23 heavy (non-hydrogen) atoms. The van der Waals surface area contributed by atoms with E-state index in [-0.39, 0.29) is 5.91 Å². The number of benzene rings is 1. The molecule has 2 aromatic rings. The molecule has 0 bridgehead atoms. The minimum Gasteiger partial charge on any atom is -0.495 e. The highest BCUT2D eigenvalue weighted by atomic mass is 79.9. The summed E-state index contributed by atoms with van der Waals surface area (Å²) in [5.41, 5.74) is 0.583. The topological polar surface area (TPSA) is 41.6 Å².